The van der Waals surface area contributed by atoms with E-state index in [4.69, 9.17) is 0 Å². The first-order valence-corrected chi connectivity index (χ1v) is 19.6. The third kappa shape index (κ3) is 9.69. The molecule has 9 nitrogen and oxygen atoms in total. The van der Waals surface area contributed by atoms with Crippen molar-refractivity contribution in [2.45, 2.75) is 69.2 Å². The number of carbonyl (C=O) groups is 1. The SMILES string of the molecule is CCCN(CCC)C(=O)c1cccc(S(=O)(=O)N(CCc2cc(F)cc(F)c2)CC(O)CNC2CS(=O)(=O)Cc3ccc(CC)cc32)c1. The Hall–Kier alpha value is -3.23. The second-order valence-electron chi connectivity index (χ2n) is 12.3. The Morgan fingerprint density at radius 2 is 1.65 bits per heavy atom. The van der Waals surface area contributed by atoms with Crippen LogP contribution < -0.4 is 5.32 Å². The molecule has 1 aliphatic heterocycles. The van der Waals surface area contributed by atoms with E-state index >= 15 is 0 Å². The van der Waals surface area contributed by atoms with Crippen LogP contribution >= 0.6 is 0 Å². The van der Waals surface area contributed by atoms with Gasteiger partial charge < -0.3 is 15.3 Å². The molecule has 4 rings (SSSR count). The van der Waals surface area contributed by atoms with Crippen LogP contribution in [0.25, 0.3) is 0 Å². The van der Waals surface area contributed by atoms with Gasteiger partial charge in [0.15, 0.2) is 9.84 Å². The fraction of sp³-hybridized carbons (Fsp3) is 0.457. The summed E-state index contributed by atoms with van der Waals surface area (Å²) < 4.78 is 82.4. The molecule has 0 aromatic heterocycles. The summed E-state index contributed by atoms with van der Waals surface area (Å²) >= 11 is 0. The van der Waals surface area contributed by atoms with E-state index in [0.29, 0.717) is 18.7 Å². The van der Waals surface area contributed by atoms with Gasteiger partial charge in [0.2, 0.25) is 10.0 Å². The number of nitrogens with one attached hydrogen (secondary N) is 1. The van der Waals surface area contributed by atoms with Crippen LogP contribution in [-0.2, 0) is 38.5 Å². The number of amides is 1. The van der Waals surface area contributed by atoms with Gasteiger partial charge >= 0.3 is 0 Å². The predicted molar refractivity (Wildman–Crippen MR) is 182 cm³/mol. The van der Waals surface area contributed by atoms with Gasteiger partial charge in [0.1, 0.15) is 11.6 Å². The summed E-state index contributed by atoms with van der Waals surface area (Å²) in [6.07, 6.45) is 0.909. The largest absolute Gasteiger partial charge is 0.390 e. The van der Waals surface area contributed by atoms with Crippen molar-refractivity contribution < 1.29 is 35.5 Å². The van der Waals surface area contributed by atoms with Crippen molar-refractivity contribution in [3.05, 3.63) is 100 Å². The van der Waals surface area contributed by atoms with Crippen LogP contribution in [0.4, 0.5) is 8.78 Å². The van der Waals surface area contributed by atoms with E-state index in [2.05, 4.69) is 5.32 Å². The molecule has 0 aliphatic carbocycles. The predicted octanol–water partition coefficient (Wildman–Crippen LogP) is 4.64. The molecule has 0 radical (unpaired) electrons. The number of sulfone groups is 1. The van der Waals surface area contributed by atoms with Gasteiger partial charge in [0.25, 0.3) is 5.91 Å². The number of hydrogen-bond acceptors (Lipinski definition) is 7. The van der Waals surface area contributed by atoms with Crippen LogP contribution in [0.5, 0.6) is 0 Å². The summed E-state index contributed by atoms with van der Waals surface area (Å²) in [5, 5.41) is 14.3. The minimum atomic E-state index is -4.32. The highest BCUT2D eigenvalue weighted by atomic mass is 32.2. The zero-order valence-corrected chi connectivity index (χ0v) is 29.3. The second kappa shape index (κ2) is 16.4. The van der Waals surface area contributed by atoms with Crippen molar-refractivity contribution in [2.24, 2.45) is 0 Å². The van der Waals surface area contributed by atoms with Gasteiger partial charge in [0, 0.05) is 50.4 Å². The Morgan fingerprint density at radius 1 is 0.958 bits per heavy atom. The molecule has 0 bridgehead atoms. The van der Waals surface area contributed by atoms with Crippen LogP contribution in [0.1, 0.15) is 72.3 Å². The molecular formula is C35H45F2N3O6S2. The Morgan fingerprint density at radius 3 is 2.29 bits per heavy atom. The summed E-state index contributed by atoms with van der Waals surface area (Å²) in [4.78, 5) is 14.8. The average molecular weight is 706 g/mol. The van der Waals surface area contributed by atoms with Crippen LogP contribution in [0.15, 0.2) is 65.6 Å². The van der Waals surface area contributed by atoms with Crippen molar-refractivity contribution in [2.75, 3.05) is 38.5 Å². The average Bonchev–Trinajstić information content (AvgIpc) is 3.04. The molecule has 13 heteroatoms. The number of aliphatic hydroxyl groups excluding tert-OH is 1. The maximum Gasteiger partial charge on any atom is 0.253 e. The van der Waals surface area contributed by atoms with E-state index in [1.165, 1.54) is 18.2 Å². The van der Waals surface area contributed by atoms with E-state index in [9.17, 15) is 35.5 Å². The lowest BCUT2D eigenvalue weighted by atomic mass is 9.98. The standard InChI is InChI=1S/C35H45F2N3O6S2/c1-4-13-39(14-5-2)35(42)27-8-7-9-32(19-27)48(45,46)40(15-12-26-16-29(36)20-30(37)17-26)22-31(41)21-38-34-24-47(43,44)23-28-11-10-25(6-3)18-33(28)34/h7-11,16-20,31,34,38,41H,4-6,12-15,21-24H2,1-3H3. The highest BCUT2D eigenvalue weighted by Crippen LogP contribution is 2.29. The number of aliphatic hydroxyl groups is 1. The molecule has 2 atom stereocenters. The highest BCUT2D eigenvalue weighted by molar-refractivity contribution is 7.90. The number of halogens is 2. The lowest BCUT2D eigenvalue weighted by Crippen LogP contribution is -2.44. The minimum absolute atomic E-state index is 0.0541. The number of sulfonamides is 1. The van der Waals surface area contributed by atoms with Gasteiger partial charge in [0.05, 0.1) is 22.5 Å². The molecule has 0 spiro atoms. The Balaban J connectivity index is 1.59. The van der Waals surface area contributed by atoms with E-state index in [-0.39, 0.29) is 52.9 Å². The first kappa shape index (κ1) is 37.6. The van der Waals surface area contributed by atoms with Crippen molar-refractivity contribution >= 4 is 25.8 Å². The molecule has 0 saturated heterocycles. The van der Waals surface area contributed by atoms with Gasteiger partial charge in [-0.05, 0) is 78.3 Å². The van der Waals surface area contributed by atoms with Gasteiger partial charge in [-0.1, -0.05) is 45.0 Å². The second-order valence-corrected chi connectivity index (χ2v) is 16.3. The lowest BCUT2D eigenvalue weighted by Gasteiger charge is -2.29. The summed E-state index contributed by atoms with van der Waals surface area (Å²) in [6, 6.07) is 13.7. The number of hydrogen-bond donors (Lipinski definition) is 2. The fourth-order valence-electron chi connectivity index (χ4n) is 6.00. The molecule has 48 heavy (non-hydrogen) atoms. The van der Waals surface area contributed by atoms with Gasteiger partial charge in [-0.2, -0.15) is 4.31 Å². The zero-order valence-electron chi connectivity index (χ0n) is 27.7. The Kier molecular flexibility index (Phi) is 12.9. The molecule has 0 saturated carbocycles. The molecular weight excluding hydrogens is 661 g/mol. The topological polar surface area (TPSA) is 124 Å². The number of carbonyl (C=O) groups excluding carboxylic acids is 1. The summed E-state index contributed by atoms with van der Waals surface area (Å²) in [6.45, 7) is 6.19. The number of benzene rings is 3. The van der Waals surface area contributed by atoms with E-state index < -0.39 is 50.2 Å². The fourth-order valence-corrected chi connectivity index (χ4v) is 9.19. The lowest BCUT2D eigenvalue weighted by molar-refractivity contribution is 0.0755. The van der Waals surface area contributed by atoms with Crippen LogP contribution in [0.3, 0.4) is 0 Å². The molecule has 1 aliphatic rings. The maximum atomic E-state index is 14.1. The summed E-state index contributed by atoms with van der Waals surface area (Å²) in [5.74, 6) is -2.13. The molecule has 1 amide bonds. The smallest absolute Gasteiger partial charge is 0.253 e. The van der Waals surface area contributed by atoms with Crippen LogP contribution in [0, 0.1) is 11.6 Å². The number of nitrogens with zero attached hydrogens (tertiary/aromatic N) is 2. The number of fused-ring (bicyclic) bond motifs is 1. The Labute approximate surface area is 282 Å². The quantitative estimate of drug-likeness (QED) is 0.223. The Bertz CT molecular complexity index is 1780. The van der Waals surface area contributed by atoms with Gasteiger partial charge in [-0.3, -0.25) is 4.79 Å². The van der Waals surface area contributed by atoms with Crippen LogP contribution in [0.2, 0.25) is 0 Å². The van der Waals surface area contributed by atoms with E-state index in [1.807, 2.05) is 39.0 Å². The first-order valence-electron chi connectivity index (χ1n) is 16.3. The highest BCUT2D eigenvalue weighted by Gasteiger charge is 2.32. The zero-order chi connectivity index (χ0) is 35.1. The van der Waals surface area contributed by atoms with Gasteiger partial charge in [-0.25, -0.2) is 25.6 Å². The van der Waals surface area contributed by atoms with Crippen molar-refractivity contribution in [3.8, 4) is 0 Å². The van der Waals surface area contributed by atoms with Crippen LogP contribution in [-0.4, -0.2) is 81.6 Å². The molecule has 3 aromatic carbocycles. The normalized spacial score (nSPS) is 16.4. The van der Waals surface area contributed by atoms with E-state index in [0.717, 1.165) is 52.9 Å². The van der Waals surface area contributed by atoms with Crippen molar-refractivity contribution in [1.29, 1.82) is 0 Å². The molecule has 2 unspecified atom stereocenters. The third-order valence-electron chi connectivity index (χ3n) is 8.37. The molecule has 262 valence electrons. The molecule has 3 aromatic rings. The first-order chi connectivity index (χ1) is 22.8. The minimum Gasteiger partial charge on any atom is -0.390 e. The van der Waals surface area contributed by atoms with Crippen molar-refractivity contribution in [1.82, 2.24) is 14.5 Å². The summed E-state index contributed by atoms with van der Waals surface area (Å²) in [5.41, 5.74) is 2.99. The number of rotatable bonds is 16. The molecule has 2 N–H and O–H groups in total. The summed E-state index contributed by atoms with van der Waals surface area (Å²) in [7, 11) is -7.73. The van der Waals surface area contributed by atoms with E-state index in [1.54, 1.807) is 11.0 Å². The molecule has 1 heterocycles. The van der Waals surface area contributed by atoms with Gasteiger partial charge in [-0.15, -0.1) is 0 Å². The monoisotopic (exact) mass is 705 g/mol. The number of aryl methyl sites for hydroxylation is 1. The molecule has 0 fully saturated rings. The third-order valence-corrected chi connectivity index (χ3v) is 11.8. The maximum absolute atomic E-state index is 14.1. The van der Waals surface area contributed by atoms with Crippen molar-refractivity contribution in [3.63, 3.8) is 0 Å².